The fraction of sp³-hybridized carbons (Fsp3) is 0.286. The Balaban J connectivity index is 2.17. The third-order valence-corrected chi connectivity index (χ3v) is 3.32. The molecule has 1 aliphatic heterocycles. The first kappa shape index (κ1) is 11.9. The number of carbonyl (C=O) groups excluding carboxylic acids is 1. The third-order valence-electron chi connectivity index (χ3n) is 3.32. The Kier molecular flexibility index (Phi) is 2.83. The minimum Gasteiger partial charge on any atom is -0.494 e. The van der Waals surface area contributed by atoms with Gasteiger partial charge in [-0.05, 0) is 24.3 Å². The second-order valence-corrected chi connectivity index (χ2v) is 4.55. The number of β-amino-alcohol motifs (C(OH)–C–C–N with tert-alkyl or cyclic N) is 1. The summed E-state index contributed by atoms with van der Waals surface area (Å²) < 4.78 is 5.28. The first-order chi connectivity index (χ1) is 9.20. The molecule has 1 aromatic heterocycles. The molecule has 0 saturated carbocycles. The summed E-state index contributed by atoms with van der Waals surface area (Å²) in [5.41, 5.74) is 1.49. The number of methoxy groups -OCH3 is 1. The zero-order valence-electron chi connectivity index (χ0n) is 10.5. The van der Waals surface area contributed by atoms with Gasteiger partial charge in [0.25, 0.3) is 0 Å². The number of aliphatic hydroxyl groups excluding tert-OH is 1. The van der Waals surface area contributed by atoms with Crippen molar-refractivity contribution < 1.29 is 14.6 Å². The van der Waals surface area contributed by atoms with Gasteiger partial charge in [0.05, 0.1) is 31.9 Å². The number of rotatable bonds is 2. The summed E-state index contributed by atoms with van der Waals surface area (Å²) in [5, 5.41) is 10.5. The van der Waals surface area contributed by atoms with Gasteiger partial charge in [-0.1, -0.05) is 0 Å². The third kappa shape index (κ3) is 1.92. The number of pyridine rings is 1. The van der Waals surface area contributed by atoms with Crippen LogP contribution in [0.3, 0.4) is 0 Å². The number of ether oxygens (including phenoxy) is 1. The molecular formula is C14H14N2O3. The van der Waals surface area contributed by atoms with E-state index >= 15 is 0 Å². The van der Waals surface area contributed by atoms with E-state index in [1.54, 1.807) is 24.3 Å². The molecule has 0 bridgehead atoms. The largest absolute Gasteiger partial charge is 0.494 e. The fourth-order valence-electron chi connectivity index (χ4n) is 2.45. The van der Waals surface area contributed by atoms with Crippen LogP contribution >= 0.6 is 0 Å². The Bertz CT molecular complexity index is 642. The van der Waals surface area contributed by atoms with Gasteiger partial charge in [-0.15, -0.1) is 0 Å². The molecule has 3 rings (SSSR count). The highest BCUT2D eigenvalue weighted by Gasteiger charge is 2.30. The molecule has 1 amide bonds. The highest BCUT2D eigenvalue weighted by atomic mass is 16.5. The number of fused-ring (bicyclic) bond motifs is 1. The van der Waals surface area contributed by atoms with E-state index < -0.39 is 6.10 Å². The maximum absolute atomic E-state index is 11.9. The van der Waals surface area contributed by atoms with Gasteiger partial charge in [0.1, 0.15) is 11.3 Å². The quantitative estimate of drug-likeness (QED) is 0.883. The second kappa shape index (κ2) is 4.51. The van der Waals surface area contributed by atoms with Crippen LogP contribution in [0.4, 0.5) is 5.69 Å². The molecule has 98 valence electrons. The Morgan fingerprint density at radius 3 is 2.95 bits per heavy atom. The summed E-state index contributed by atoms with van der Waals surface area (Å²) in [6, 6.07) is 7.35. The van der Waals surface area contributed by atoms with Crippen LogP contribution in [0.15, 0.2) is 30.5 Å². The Morgan fingerprint density at radius 1 is 1.42 bits per heavy atom. The van der Waals surface area contributed by atoms with E-state index in [9.17, 15) is 9.90 Å². The molecule has 1 aliphatic rings. The summed E-state index contributed by atoms with van der Waals surface area (Å²) in [6.07, 6.45) is 1.27. The Hall–Kier alpha value is -2.14. The molecule has 1 aromatic carbocycles. The van der Waals surface area contributed by atoms with E-state index in [4.69, 9.17) is 4.74 Å². The minimum atomic E-state index is -0.596. The summed E-state index contributed by atoms with van der Waals surface area (Å²) in [6.45, 7) is 0.329. The molecule has 0 aliphatic carbocycles. The number of hydrogen-bond donors (Lipinski definition) is 1. The number of aliphatic hydroxyl groups is 1. The number of hydrogen-bond acceptors (Lipinski definition) is 4. The van der Waals surface area contributed by atoms with Gasteiger partial charge in [-0.2, -0.15) is 0 Å². The van der Waals surface area contributed by atoms with Crippen molar-refractivity contribution in [2.24, 2.45) is 0 Å². The lowest BCUT2D eigenvalue weighted by atomic mass is 10.1. The minimum absolute atomic E-state index is 0.0668. The van der Waals surface area contributed by atoms with Crippen LogP contribution in [0, 0.1) is 0 Å². The van der Waals surface area contributed by atoms with Crippen molar-refractivity contribution in [2.45, 2.75) is 12.5 Å². The SMILES string of the molecule is COc1ccc(N2CC(O)CC2=O)c2cccnc12. The van der Waals surface area contributed by atoms with Gasteiger partial charge in [-0.25, -0.2) is 0 Å². The Morgan fingerprint density at radius 2 is 2.26 bits per heavy atom. The molecule has 1 saturated heterocycles. The van der Waals surface area contributed by atoms with Crippen molar-refractivity contribution in [3.8, 4) is 5.75 Å². The van der Waals surface area contributed by atoms with E-state index in [-0.39, 0.29) is 12.3 Å². The van der Waals surface area contributed by atoms with Crippen molar-refractivity contribution >= 4 is 22.5 Å². The highest BCUT2D eigenvalue weighted by Crippen LogP contribution is 2.34. The number of benzene rings is 1. The van der Waals surface area contributed by atoms with Crippen LogP contribution in [0.25, 0.3) is 10.9 Å². The van der Waals surface area contributed by atoms with E-state index in [2.05, 4.69) is 4.98 Å². The lowest BCUT2D eigenvalue weighted by Crippen LogP contribution is -2.25. The normalized spacial score (nSPS) is 19.2. The number of carbonyl (C=O) groups is 1. The topological polar surface area (TPSA) is 62.7 Å². The van der Waals surface area contributed by atoms with E-state index in [0.717, 1.165) is 16.6 Å². The van der Waals surface area contributed by atoms with Gasteiger partial charge < -0.3 is 14.7 Å². The first-order valence-corrected chi connectivity index (χ1v) is 6.11. The average Bonchev–Trinajstić information content (AvgIpc) is 2.76. The smallest absolute Gasteiger partial charge is 0.229 e. The molecule has 5 heteroatoms. The Labute approximate surface area is 110 Å². The molecular weight excluding hydrogens is 244 g/mol. The molecule has 0 spiro atoms. The van der Waals surface area contributed by atoms with Crippen LogP contribution < -0.4 is 9.64 Å². The molecule has 1 N–H and O–H groups in total. The number of nitrogens with zero attached hydrogens (tertiary/aromatic N) is 2. The summed E-state index contributed by atoms with van der Waals surface area (Å²) >= 11 is 0. The maximum Gasteiger partial charge on any atom is 0.229 e. The second-order valence-electron chi connectivity index (χ2n) is 4.55. The van der Waals surface area contributed by atoms with Crippen LogP contribution in [0.1, 0.15) is 6.42 Å². The maximum atomic E-state index is 11.9. The van der Waals surface area contributed by atoms with Crippen LogP contribution in [0.5, 0.6) is 5.75 Å². The fourth-order valence-corrected chi connectivity index (χ4v) is 2.45. The van der Waals surface area contributed by atoms with Gasteiger partial charge >= 0.3 is 0 Å². The monoisotopic (exact) mass is 258 g/mol. The van der Waals surface area contributed by atoms with Crippen molar-refractivity contribution in [2.75, 3.05) is 18.6 Å². The van der Waals surface area contributed by atoms with Crippen molar-refractivity contribution in [1.82, 2.24) is 4.98 Å². The van der Waals surface area contributed by atoms with Gasteiger partial charge in [0.15, 0.2) is 0 Å². The lowest BCUT2D eigenvalue weighted by molar-refractivity contribution is -0.117. The van der Waals surface area contributed by atoms with Crippen molar-refractivity contribution in [1.29, 1.82) is 0 Å². The van der Waals surface area contributed by atoms with Gasteiger partial charge in [0, 0.05) is 11.6 Å². The zero-order valence-corrected chi connectivity index (χ0v) is 10.5. The average molecular weight is 258 g/mol. The summed E-state index contributed by atoms with van der Waals surface area (Å²) in [7, 11) is 1.59. The molecule has 1 fully saturated rings. The number of aromatic nitrogens is 1. The molecule has 1 unspecified atom stereocenters. The van der Waals surface area contributed by atoms with Gasteiger partial charge in [0.2, 0.25) is 5.91 Å². The van der Waals surface area contributed by atoms with Crippen LogP contribution in [0.2, 0.25) is 0 Å². The first-order valence-electron chi connectivity index (χ1n) is 6.11. The predicted octanol–water partition coefficient (Wildman–Crippen LogP) is 1.34. The predicted molar refractivity (Wildman–Crippen MR) is 71.3 cm³/mol. The molecule has 1 atom stereocenters. The summed E-state index contributed by atoms with van der Waals surface area (Å²) in [4.78, 5) is 17.8. The molecule has 0 radical (unpaired) electrons. The van der Waals surface area contributed by atoms with Crippen molar-refractivity contribution in [3.05, 3.63) is 30.5 Å². The molecule has 19 heavy (non-hydrogen) atoms. The summed E-state index contributed by atoms with van der Waals surface area (Å²) in [5.74, 6) is 0.606. The van der Waals surface area contributed by atoms with Crippen molar-refractivity contribution in [3.63, 3.8) is 0 Å². The molecule has 2 aromatic rings. The standard InChI is InChI=1S/C14H14N2O3/c1-19-12-5-4-11(10-3-2-6-15-14(10)12)16-8-9(17)7-13(16)18/h2-6,9,17H,7-8H2,1H3. The van der Waals surface area contributed by atoms with Crippen LogP contribution in [-0.4, -0.2) is 35.8 Å². The molecule has 5 nitrogen and oxygen atoms in total. The lowest BCUT2D eigenvalue weighted by Gasteiger charge is -2.18. The van der Waals surface area contributed by atoms with Gasteiger partial charge in [-0.3, -0.25) is 9.78 Å². The van der Waals surface area contributed by atoms with E-state index in [1.165, 1.54) is 0 Å². The zero-order chi connectivity index (χ0) is 13.4. The number of anilines is 1. The van der Waals surface area contributed by atoms with E-state index in [1.807, 2.05) is 18.2 Å². The number of amides is 1. The van der Waals surface area contributed by atoms with E-state index in [0.29, 0.717) is 12.3 Å². The highest BCUT2D eigenvalue weighted by molar-refractivity contribution is 6.05. The molecule has 2 heterocycles. The van der Waals surface area contributed by atoms with Crippen LogP contribution in [-0.2, 0) is 4.79 Å².